The van der Waals surface area contributed by atoms with Crippen molar-refractivity contribution in [2.24, 2.45) is 5.92 Å². The lowest BCUT2D eigenvalue weighted by molar-refractivity contribution is -0.150. The molecule has 0 bridgehead atoms. The minimum Gasteiger partial charge on any atom is -0.381 e. The first-order valence-corrected chi connectivity index (χ1v) is 8.57. The Bertz CT molecular complexity index is 238. The van der Waals surface area contributed by atoms with Gasteiger partial charge in [0.05, 0.1) is 5.60 Å². The van der Waals surface area contributed by atoms with Crippen LogP contribution in [-0.4, -0.2) is 50.5 Å². The summed E-state index contributed by atoms with van der Waals surface area (Å²) in [6.45, 7) is 2.69. The lowest BCUT2D eigenvalue weighted by Gasteiger charge is -2.45. The topological polar surface area (TPSA) is 30.5 Å². The number of hydrogen-bond acceptors (Lipinski definition) is 4. The number of nitrogens with one attached hydrogen (secondary N) is 1. The lowest BCUT2D eigenvalue weighted by Crippen LogP contribution is -2.49. The van der Waals surface area contributed by atoms with E-state index in [0.717, 1.165) is 38.6 Å². The van der Waals surface area contributed by atoms with Gasteiger partial charge in [0.15, 0.2) is 0 Å². The van der Waals surface area contributed by atoms with Gasteiger partial charge in [-0.3, -0.25) is 0 Å². The molecule has 2 aliphatic heterocycles. The normalized spacial score (nSPS) is 29.3. The molecule has 0 radical (unpaired) electrons. The van der Waals surface area contributed by atoms with E-state index in [0.29, 0.717) is 6.04 Å². The molecule has 0 aromatic rings. The molecule has 0 aromatic carbocycles. The molecule has 2 fully saturated rings. The fraction of sp³-hybridized carbons (Fsp3) is 1.00. The van der Waals surface area contributed by atoms with Crippen LogP contribution in [-0.2, 0) is 9.47 Å². The second-order valence-electron chi connectivity index (χ2n) is 5.57. The average molecular weight is 273 g/mol. The van der Waals surface area contributed by atoms with Crippen LogP contribution in [0.3, 0.4) is 0 Å². The first-order chi connectivity index (χ1) is 8.79. The van der Waals surface area contributed by atoms with Gasteiger partial charge in [0.25, 0.3) is 0 Å². The quantitative estimate of drug-likeness (QED) is 0.832. The van der Waals surface area contributed by atoms with Crippen LogP contribution >= 0.6 is 11.8 Å². The molecule has 2 heterocycles. The van der Waals surface area contributed by atoms with E-state index in [1.807, 2.05) is 11.8 Å². The molecule has 4 heteroatoms. The van der Waals surface area contributed by atoms with Crippen LogP contribution < -0.4 is 5.32 Å². The molecule has 0 aromatic heterocycles. The van der Waals surface area contributed by atoms with Crippen LogP contribution in [0.5, 0.6) is 0 Å². The van der Waals surface area contributed by atoms with Crippen molar-refractivity contribution >= 4 is 11.8 Å². The van der Waals surface area contributed by atoms with Crippen LogP contribution in [0.15, 0.2) is 0 Å². The van der Waals surface area contributed by atoms with Crippen molar-refractivity contribution in [2.45, 2.75) is 43.7 Å². The van der Waals surface area contributed by atoms with Gasteiger partial charge in [0.2, 0.25) is 0 Å². The summed E-state index contributed by atoms with van der Waals surface area (Å²) in [4.78, 5) is 0. The van der Waals surface area contributed by atoms with Gasteiger partial charge in [-0.25, -0.2) is 0 Å². The maximum absolute atomic E-state index is 6.12. The standard InChI is InChI=1S/C14H27NO2S/c1-15-13(4-10-18-2)12-3-7-17-14(11-12)5-8-16-9-6-14/h12-13,15H,3-11H2,1-2H3. The molecule has 0 aliphatic carbocycles. The molecule has 3 nitrogen and oxygen atoms in total. The Labute approximate surface area is 115 Å². The maximum atomic E-state index is 6.12. The van der Waals surface area contributed by atoms with Crippen LogP contribution in [0.2, 0.25) is 0 Å². The molecule has 2 atom stereocenters. The summed E-state index contributed by atoms with van der Waals surface area (Å²) < 4.78 is 11.6. The zero-order valence-corrected chi connectivity index (χ0v) is 12.6. The van der Waals surface area contributed by atoms with Crippen LogP contribution in [0, 0.1) is 5.92 Å². The smallest absolute Gasteiger partial charge is 0.0729 e. The lowest BCUT2D eigenvalue weighted by atomic mass is 9.77. The maximum Gasteiger partial charge on any atom is 0.0729 e. The molecule has 1 N–H and O–H groups in total. The van der Waals surface area contributed by atoms with E-state index in [9.17, 15) is 0 Å². The van der Waals surface area contributed by atoms with Gasteiger partial charge >= 0.3 is 0 Å². The van der Waals surface area contributed by atoms with Gasteiger partial charge in [0, 0.05) is 25.9 Å². The number of thioether (sulfide) groups is 1. The molecular weight excluding hydrogens is 246 g/mol. The first-order valence-electron chi connectivity index (χ1n) is 7.17. The van der Waals surface area contributed by atoms with Crippen molar-refractivity contribution in [3.8, 4) is 0 Å². The molecule has 0 amide bonds. The third-order valence-corrected chi connectivity index (χ3v) is 5.15. The van der Waals surface area contributed by atoms with E-state index in [2.05, 4.69) is 18.6 Å². The third kappa shape index (κ3) is 3.62. The van der Waals surface area contributed by atoms with Crippen LogP contribution in [0.25, 0.3) is 0 Å². The van der Waals surface area contributed by atoms with Crippen molar-refractivity contribution in [3.05, 3.63) is 0 Å². The fourth-order valence-electron chi connectivity index (χ4n) is 3.36. The Morgan fingerprint density at radius 1 is 1.33 bits per heavy atom. The summed E-state index contributed by atoms with van der Waals surface area (Å²) in [5, 5.41) is 3.53. The molecule has 2 saturated heterocycles. The predicted molar refractivity (Wildman–Crippen MR) is 77.3 cm³/mol. The minimum absolute atomic E-state index is 0.135. The Balaban J connectivity index is 1.91. The number of hydrogen-bond donors (Lipinski definition) is 1. The minimum atomic E-state index is 0.135. The second kappa shape index (κ2) is 7.13. The summed E-state index contributed by atoms with van der Waals surface area (Å²) in [5.41, 5.74) is 0.135. The summed E-state index contributed by atoms with van der Waals surface area (Å²) >= 11 is 1.95. The average Bonchev–Trinajstić information content (AvgIpc) is 2.41. The van der Waals surface area contributed by atoms with Crippen molar-refractivity contribution in [2.75, 3.05) is 38.9 Å². The Hall–Kier alpha value is 0.230. The summed E-state index contributed by atoms with van der Waals surface area (Å²) in [7, 11) is 2.11. The molecule has 2 rings (SSSR count). The van der Waals surface area contributed by atoms with Gasteiger partial charge in [-0.2, -0.15) is 11.8 Å². The van der Waals surface area contributed by atoms with E-state index in [-0.39, 0.29) is 5.60 Å². The molecule has 106 valence electrons. The van der Waals surface area contributed by atoms with Gasteiger partial charge in [0.1, 0.15) is 0 Å². The largest absolute Gasteiger partial charge is 0.381 e. The summed E-state index contributed by atoms with van der Waals surface area (Å²) in [6, 6.07) is 0.654. The van der Waals surface area contributed by atoms with Crippen LogP contribution in [0.4, 0.5) is 0 Å². The van der Waals surface area contributed by atoms with Crippen molar-refractivity contribution in [1.29, 1.82) is 0 Å². The molecule has 2 aliphatic rings. The van der Waals surface area contributed by atoms with Gasteiger partial charge in [-0.15, -0.1) is 0 Å². The second-order valence-corrected chi connectivity index (χ2v) is 6.56. The van der Waals surface area contributed by atoms with Gasteiger partial charge in [-0.1, -0.05) is 0 Å². The summed E-state index contributed by atoms with van der Waals surface area (Å²) in [6.07, 6.45) is 8.06. The Morgan fingerprint density at radius 3 is 2.78 bits per heavy atom. The highest BCUT2D eigenvalue weighted by molar-refractivity contribution is 7.98. The monoisotopic (exact) mass is 273 g/mol. The van der Waals surface area contributed by atoms with E-state index in [1.165, 1.54) is 25.0 Å². The molecule has 18 heavy (non-hydrogen) atoms. The zero-order chi connectivity index (χ0) is 12.8. The number of ether oxygens (including phenoxy) is 2. The first kappa shape index (κ1) is 14.6. The highest BCUT2D eigenvalue weighted by Crippen LogP contribution is 2.38. The van der Waals surface area contributed by atoms with Crippen molar-refractivity contribution in [3.63, 3.8) is 0 Å². The van der Waals surface area contributed by atoms with E-state index < -0.39 is 0 Å². The SMILES string of the molecule is CNC(CCSC)C1CCOC2(CCOCC2)C1. The molecule has 2 unspecified atom stereocenters. The highest BCUT2D eigenvalue weighted by atomic mass is 32.2. The Kier molecular flexibility index (Phi) is 5.80. The van der Waals surface area contributed by atoms with Gasteiger partial charge in [-0.05, 0) is 57.1 Å². The fourth-order valence-corrected chi connectivity index (χ4v) is 3.85. The van der Waals surface area contributed by atoms with Crippen molar-refractivity contribution < 1.29 is 9.47 Å². The molecule has 1 spiro atoms. The van der Waals surface area contributed by atoms with E-state index in [4.69, 9.17) is 9.47 Å². The summed E-state index contributed by atoms with van der Waals surface area (Å²) in [5.74, 6) is 2.02. The van der Waals surface area contributed by atoms with Crippen LogP contribution in [0.1, 0.15) is 32.1 Å². The molecular formula is C14H27NO2S. The zero-order valence-electron chi connectivity index (χ0n) is 11.7. The van der Waals surface area contributed by atoms with E-state index in [1.54, 1.807) is 0 Å². The highest BCUT2D eigenvalue weighted by Gasteiger charge is 2.40. The Morgan fingerprint density at radius 2 is 2.11 bits per heavy atom. The molecule has 0 saturated carbocycles. The van der Waals surface area contributed by atoms with E-state index >= 15 is 0 Å². The third-order valence-electron chi connectivity index (χ3n) is 4.51. The number of rotatable bonds is 5. The van der Waals surface area contributed by atoms with Gasteiger partial charge < -0.3 is 14.8 Å². The predicted octanol–water partition coefficient (Wildman–Crippen LogP) is 2.30. The van der Waals surface area contributed by atoms with Crippen molar-refractivity contribution in [1.82, 2.24) is 5.32 Å².